The maximum absolute atomic E-state index is 14.3. The number of rotatable bonds is 12. The average molecular weight is 701 g/mol. The number of nitrogens with zero attached hydrogens (tertiary/aromatic N) is 1. The van der Waals surface area contributed by atoms with Crippen LogP contribution >= 0.6 is 39.1 Å². The summed E-state index contributed by atoms with van der Waals surface area (Å²) in [6, 6.07) is 25.8. The average Bonchev–Trinajstić information content (AvgIpc) is 3.40. The third kappa shape index (κ3) is 7.60. The molecular weight excluding hydrogens is 672 g/mol. The minimum atomic E-state index is -1.49. The maximum Gasteiger partial charge on any atom is 0.266 e. The molecule has 4 aromatic carbocycles. The van der Waals surface area contributed by atoms with Gasteiger partial charge < -0.3 is 14.6 Å². The highest BCUT2D eigenvalue weighted by molar-refractivity contribution is 9.10. The van der Waals surface area contributed by atoms with E-state index in [0.717, 1.165) is 15.6 Å². The number of amides is 1. The zero-order valence-electron chi connectivity index (χ0n) is 23.4. The highest BCUT2D eigenvalue weighted by atomic mass is 79.9. The molecular formula is C33H29BrCl2FN3O4. The molecule has 0 aromatic heterocycles. The van der Waals surface area contributed by atoms with Crippen LogP contribution in [0.3, 0.4) is 0 Å². The van der Waals surface area contributed by atoms with Crippen molar-refractivity contribution >= 4 is 50.9 Å². The first-order chi connectivity index (χ1) is 21.3. The second-order valence-electron chi connectivity index (χ2n) is 10.2. The highest BCUT2D eigenvalue weighted by Gasteiger charge is 2.54. The van der Waals surface area contributed by atoms with Crippen LogP contribution in [0.5, 0.6) is 5.75 Å². The summed E-state index contributed by atoms with van der Waals surface area (Å²) in [6.07, 6.45) is -0.219. The molecule has 3 N–H and O–H groups in total. The van der Waals surface area contributed by atoms with Gasteiger partial charge in [0.15, 0.2) is 11.6 Å². The lowest BCUT2D eigenvalue weighted by Crippen LogP contribution is -2.53. The Bertz CT molecular complexity index is 1620. The second-order valence-corrected chi connectivity index (χ2v) is 12.0. The first-order valence-corrected chi connectivity index (χ1v) is 15.4. The lowest BCUT2D eigenvalue weighted by Gasteiger charge is -2.31. The minimum Gasteiger partial charge on any atom is -0.494 e. The third-order valence-corrected chi connectivity index (χ3v) is 8.16. The van der Waals surface area contributed by atoms with Crippen molar-refractivity contribution < 1.29 is 23.8 Å². The normalized spacial score (nSPS) is 17.6. The van der Waals surface area contributed by atoms with Gasteiger partial charge in [0.05, 0.1) is 6.61 Å². The van der Waals surface area contributed by atoms with E-state index in [9.17, 15) is 9.18 Å². The van der Waals surface area contributed by atoms with E-state index in [0.29, 0.717) is 39.9 Å². The lowest BCUT2D eigenvalue weighted by molar-refractivity contribution is -0.130. The van der Waals surface area contributed by atoms with Gasteiger partial charge in [0, 0.05) is 51.6 Å². The summed E-state index contributed by atoms with van der Waals surface area (Å²) >= 11 is 16.4. The maximum atomic E-state index is 14.3. The fraction of sp³-hybridized carbons (Fsp3) is 0.212. The van der Waals surface area contributed by atoms with Crippen molar-refractivity contribution in [3.8, 4) is 5.75 Å². The van der Waals surface area contributed by atoms with E-state index in [4.69, 9.17) is 42.8 Å². The van der Waals surface area contributed by atoms with Gasteiger partial charge >= 0.3 is 0 Å². The van der Waals surface area contributed by atoms with Gasteiger partial charge in [0.2, 0.25) is 5.90 Å². The number of hydrogen-bond acceptors (Lipinski definition) is 6. The van der Waals surface area contributed by atoms with E-state index >= 15 is 0 Å². The van der Waals surface area contributed by atoms with Crippen LogP contribution < -0.4 is 15.6 Å². The van der Waals surface area contributed by atoms with Crippen LogP contribution in [0.4, 0.5) is 4.39 Å². The van der Waals surface area contributed by atoms with Gasteiger partial charge in [-0.2, -0.15) is 0 Å². The molecule has 7 nitrogen and oxygen atoms in total. The van der Waals surface area contributed by atoms with Crippen LogP contribution in [0.15, 0.2) is 100 Å². The number of nitrogens with one attached hydrogen (secondary N) is 2. The van der Waals surface area contributed by atoms with Gasteiger partial charge in [-0.15, -0.1) is 0 Å². The Labute approximate surface area is 273 Å². The quantitative estimate of drug-likeness (QED) is 0.110. The highest BCUT2D eigenvalue weighted by Crippen LogP contribution is 2.45. The van der Waals surface area contributed by atoms with Crippen molar-refractivity contribution in [3.63, 3.8) is 0 Å². The van der Waals surface area contributed by atoms with Crippen LogP contribution in [0.25, 0.3) is 0 Å². The zero-order valence-corrected chi connectivity index (χ0v) is 26.5. The zero-order chi connectivity index (χ0) is 31.1. The number of carbonyl (C=O) groups excluding carboxylic acids is 1. The van der Waals surface area contributed by atoms with Crippen molar-refractivity contribution in [2.75, 3.05) is 13.2 Å². The molecule has 228 valence electrons. The Morgan fingerprint density at radius 2 is 1.70 bits per heavy atom. The number of hydrazine groups is 1. The number of benzene rings is 4. The monoisotopic (exact) mass is 699 g/mol. The molecule has 1 heterocycles. The van der Waals surface area contributed by atoms with Gasteiger partial charge in [-0.25, -0.2) is 14.8 Å². The van der Waals surface area contributed by atoms with Crippen LogP contribution in [0.1, 0.15) is 34.8 Å². The molecule has 2 atom stereocenters. The number of aliphatic hydroxyl groups is 1. The predicted octanol–water partition coefficient (Wildman–Crippen LogP) is 6.98. The van der Waals surface area contributed by atoms with Gasteiger partial charge in [0.1, 0.15) is 11.6 Å². The van der Waals surface area contributed by atoms with E-state index < -0.39 is 17.6 Å². The molecule has 0 saturated carbocycles. The largest absolute Gasteiger partial charge is 0.494 e. The Morgan fingerprint density at radius 3 is 2.39 bits per heavy atom. The smallest absolute Gasteiger partial charge is 0.266 e. The molecule has 0 fully saturated rings. The molecule has 0 radical (unpaired) electrons. The molecule has 44 heavy (non-hydrogen) atoms. The molecule has 0 spiro atoms. The van der Waals surface area contributed by atoms with Gasteiger partial charge in [0.25, 0.3) is 5.91 Å². The summed E-state index contributed by atoms with van der Waals surface area (Å²) in [6.45, 7) is 0.673. The van der Waals surface area contributed by atoms with Crippen LogP contribution in [0.2, 0.25) is 10.0 Å². The van der Waals surface area contributed by atoms with Crippen molar-refractivity contribution in [2.45, 2.75) is 31.0 Å². The van der Waals surface area contributed by atoms with Crippen molar-refractivity contribution in [3.05, 3.63) is 134 Å². The fourth-order valence-electron chi connectivity index (χ4n) is 4.82. The van der Waals surface area contributed by atoms with Gasteiger partial charge in [-0.1, -0.05) is 69.5 Å². The van der Waals surface area contributed by atoms with E-state index in [1.807, 2.05) is 24.3 Å². The van der Waals surface area contributed by atoms with E-state index in [2.05, 4.69) is 26.8 Å². The molecule has 0 unspecified atom stereocenters. The Kier molecular flexibility index (Phi) is 10.6. The summed E-state index contributed by atoms with van der Waals surface area (Å²) < 4.78 is 26.5. The summed E-state index contributed by atoms with van der Waals surface area (Å²) in [5.41, 5.74) is 7.08. The number of halogens is 4. The first-order valence-electron chi connectivity index (χ1n) is 13.8. The van der Waals surface area contributed by atoms with E-state index in [-0.39, 0.29) is 31.3 Å². The fourth-order valence-corrected chi connectivity index (χ4v) is 5.60. The number of ether oxygens (including phenoxy) is 2. The van der Waals surface area contributed by atoms with E-state index in [1.165, 1.54) is 12.1 Å². The lowest BCUT2D eigenvalue weighted by atomic mass is 9.82. The number of hydrogen-bond donors (Lipinski definition) is 3. The Balaban J connectivity index is 1.53. The Morgan fingerprint density at radius 1 is 1.00 bits per heavy atom. The number of aliphatic imine (C=N–C) groups is 1. The minimum absolute atomic E-state index is 0.0403. The summed E-state index contributed by atoms with van der Waals surface area (Å²) in [7, 11) is 0. The molecule has 5 rings (SSSR count). The summed E-state index contributed by atoms with van der Waals surface area (Å²) in [5.74, 6) is 0.0943. The van der Waals surface area contributed by atoms with Gasteiger partial charge in [-0.05, 0) is 71.8 Å². The van der Waals surface area contributed by atoms with Crippen LogP contribution in [-0.4, -0.2) is 35.7 Å². The summed E-state index contributed by atoms with van der Waals surface area (Å²) in [4.78, 5) is 19.3. The standard InChI is InChI=1S/C33H29BrCl2FN3O4/c34-24-8-2-21(3-9-24)19-33(32(42)40-38-20-22-4-11-26(37)12-5-22)30(28-15-10-25(35)18-29(28)36)44-31(39-33)23-6-13-27(14-7-23)43-17-1-16-41/h2-15,18,30,38,41H,1,16-17,19-20H2,(H,40,42)/t30-,33-/m0/s1. The van der Waals surface area contributed by atoms with Crippen molar-refractivity contribution in [1.29, 1.82) is 0 Å². The van der Waals surface area contributed by atoms with Crippen LogP contribution in [-0.2, 0) is 22.5 Å². The van der Waals surface area contributed by atoms with Crippen molar-refractivity contribution in [2.24, 2.45) is 4.99 Å². The molecule has 0 saturated heterocycles. The molecule has 1 aliphatic heterocycles. The molecule has 1 aliphatic rings. The summed E-state index contributed by atoms with van der Waals surface area (Å²) in [5, 5.41) is 9.81. The predicted molar refractivity (Wildman–Crippen MR) is 172 cm³/mol. The molecule has 0 bridgehead atoms. The first kappa shape index (κ1) is 31.9. The number of carbonyl (C=O) groups is 1. The van der Waals surface area contributed by atoms with Crippen molar-refractivity contribution in [1.82, 2.24) is 10.9 Å². The molecule has 11 heteroatoms. The SMILES string of the molecule is O=C(NNCc1ccc(F)cc1)[C@@]1(Cc2ccc(Br)cc2)N=C(c2ccc(OCCCO)cc2)O[C@H]1c1ccc(Cl)cc1Cl. The second kappa shape index (κ2) is 14.5. The molecule has 0 aliphatic carbocycles. The molecule has 4 aromatic rings. The van der Waals surface area contributed by atoms with E-state index in [1.54, 1.807) is 54.6 Å². The Hall–Kier alpha value is -3.47. The van der Waals surface area contributed by atoms with Gasteiger partial charge in [-0.3, -0.25) is 10.2 Å². The van der Waals surface area contributed by atoms with Crippen LogP contribution in [0, 0.1) is 5.82 Å². The topological polar surface area (TPSA) is 92.2 Å². The number of aliphatic hydroxyl groups excluding tert-OH is 1. The molecule has 1 amide bonds. The third-order valence-electron chi connectivity index (χ3n) is 7.07.